The molecule has 2 aromatic rings. The van der Waals surface area contributed by atoms with Crippen molar-refractivity contribution in [2.24, 2.45) is 0 Å². The summed E-state index contributed by atoms with van der Waals surface area (Å²) in [6, 6.07) is 11.0. The first kappa shape index (κ1) is 24.5. The molecule has 1 aromatic heterocycles. The number of aromatic nitrogens is 1. The Morgan fingerprint density at radius 3 is 2.23 bits per heavy atom. The number of hydrogen-bond donors (Lipinski definition) is 2. The maximum absolute atomic E-state index is 12.7. The molecule has 0 aliphatic rings. The van der Waals surface area contributed by atoms with Crippen LogP contribution in [0.2, 0.25) is 0 Å². The van der Waals surface area contributed by atoms with Crippen LogP contribution in [0.5, 0.6) is 0 Å². The minimum Gasteiger partial charge on any atom is -0.456 e. The van der Waals surface area contributed by atoms with E-state index in [1.165, 1.54) is 0 Å². The highest BCUT2D eigenvalue weighted by Crippen LogP contribution is 2.23. The summed E-state index contributed by atoms with van der Waals surface area (Å²) in [4.78, 5) is 28.2. The minimum atomic E-state index is -0.637. The molecule has 0 saturated carbocycles. The van der Waals surface area contributed by atoms with Crippen LogP contribution in [0, 0.1) is 0 Å². The quantitative estimate of drug-likeness (QED) is 0.447. The Balaban J connectivity index is 2.11. The number of alkyl carbamates (subject to hydrolysis) is 1. The Kier molecular flexibility index (Phi) is 8.28. The second kappa shape index (κ2) is 10.5. The van der Waals surface area contributed by atoms with Crippen LogP contribution in [0.25, 0.3) is 0 Å². The molecule has 2 rings (SSSR count). The number of benzene rings is 1. The van der Waals surface area contributed by atoms with Gasteiger partial charge >= 0.3 is 12.1 Å². The number of H-pyrrole nitrogens is 1. The van der Waals surface area contributed by atoms with Gasteiger partial charge < -0.3 is 24.5 Å². The summed E-state index contributed by atoms with van der Waals surface area (Å²) >= 11 is 0. The SMILES string of the molecule is CC(C)(C)OC(=O)N[C@H](CCOCc1ccccc1)c1[nH]ccc1C(=O)OC(C)(C)C. The number of rotatable bonds is 8. The number of ether oxygens (including phenoxy) is 3. The van der Waals surface area contributed by atoms with Gasteiger partial charge in [0, 0.05) is 12.8 Å². The number of esters is 1. The summed E-state index contributed by atoms with van der Waals surface area (Å²) in [6.45, 7) is 11.7. The Bertz CT molecular complexity index is 847. The molecule has 1 aromatic carbocycles. The lowest BCUT2D eigenvalue weighted by Gasteiger charge is -2.24. The fraction of sp³-hybridized carbons (Fsp3) is 0.500. The molecule has 0 aliphatic heterocycles. The summed E-state index contributed by atoms with van der Waals surface area (Å²) in [5.74, 6) is -0.454. The van der Waals surface area contributed by atoms with Gasteiger partial charge in [-0.05, 0) is 59.6 Å². The molecule has 0 aliphatic carbocycles. The van der Waals surface area contributed by atoms with Crippen LogP contribution in [-0.4, -0.2) is 34.9 Å². The molecule has 170 valence electrons. The van der Waals surface area contributed by atoms with Crippen molar-refractivity contribution >= 4 is 12.1 Å². The standard InChI is InChI=1S/C24H34N2O5/c1-23(2,3)30-21(27)18-12-14-25-20(18)19(26-22(28)31-24(4,5)6)13-15-29-16-17-10-8-7-9-11-17/h7-12,14,19,25H,13,15-16H2,1-6H3,(H,26,28)/t19-/m1/s1. The molecule has 31 heavy (non-hydrogen) atoms. The smallest absolute Gasteiger partial charge is 0.408 e. The van der Waals surface area contributed by atoms with E-state index in [9.17, 15) is 9.59 Å². The third-order valence-electron chi connectivity index (χ3n) is 4.10. The topological polar surface area (TPSA) is 89.7 Å². The summed E-state index contributed by atoms with van der Waals surface area (Å²) in [6.07, 6.45) is 1.54. The van der Waals surface area contributed by atoms with Gasteiger partial charge in [-0.25, -0.2) is 9.59 Å². The lowest BCUT2D eigenvalue weighted by atomic mass is 10.1. The van der Waals surface area contributed by atoms with E-state index in [1.807, 2.05) is 51.1 Å². The normalized spacial score (nSPS) is 12.8. The molecule has 0 radical (unpaired) electrons. The van der Waals surface area contributed by atoms with Crippen LogP contribution in [0.3, 0.4) is 0 Å². The molecule has 0 spiro atoms. The van der Waals surface area contributed by atoms with Crippen LogP contribution in [0.1, 0.15) is 75.6 Å². The first-order valence-corrected chi connectivity index (χ1v) is 10.5. The van der Waals surface area contributed by atoms with E-state index in [4.69, 9.17) is 14.2 Å². The van der Waals surface area contributed by atoms with Crippen LogP contribution in [0.4, 0.5) is 4.79 Å². The van der Waals surface area contributed by atoms with E-state index in [0.717, 1.165) is 5.56 Å². The molecule has 0 bridgehead atoms. The van der Waals surface area contributed by atoms with Gasteiger partial charge in [0.2, 0.25) is 0 Å². The molecule has 0 saturated heterocycles. The lowest BCUT2D eigenvalue weighted by Crippen LogP contribution is -2.36. The van der Waals surface area contributed by atoms with Crippen LogP contribution in [0.15, 0.2) is 42.6 Å². The molecule has 2 N–H and O–H groups in total. The van der Waals surface area contributed by atoms with Crippen LogP contribution >= 0.6 is 0 Å². The fourth-order valence-electron chi connectivity index (χ4n) is 2.89. The highest BCUT2D eigenvalue weighted by molar-refractivity contribution is 5.91. The molecule has 7 heteroatoms. The number of aromatic amines is 1. The molecular formula is C24H34N2O5. The Labute approximate surface area is 184 Å². The van der Waals surface area contributed by atoms with Crippen molar-refractivity contribution in [1.82, 2.24) is 10.3 Å². The maximum atomic E-state index is 12.7. The predicted molar refractivity (Wildman–Crippen MR) is 119 cm³/mol. The van der Waals surface area contributed by atoms with Gasteiger partial charge in [0.05, 0.1) is 23.9 Å². The van der Waals surface area contributed by atoms with E-state index in [-0.39, 0.29) is 0 Å². The monoisotopic (exact) mass is 430 g/mol. The zero-order chi connectivity index (χ0) is 23.1. The minimum absolute atomic E-state index is 0.374. The molecular weight excluding hydrogens is 396 g/mol. The first-order valence-electron chi connectivity index (χ1n) is 10.5. The Morgan fingerprint density at radius 2 is 1.61 bits per heavy atom. The van der Waals surface area contributed by atoms with E-state index in [2.05, 4.69) is 10.3 Å². The number of nitrogens with one attached hydrogen (secondary N) is 2. The van der Waals surface area contributed by atoms with Gasteiger partial charge in [-0.1, -0.05) is 30.3 Å². The van der Waals surface area contributed by atoms with Crippen molar-refractivity contribution in [2.75, 3.05) is 6.61 Å². The van der Waals surface area contributed by atoms with Gasteiger partial charge in [-0.15, -0.1) is 0 Å². The Morgan fingerprint density at radius 1 is 0.968 bits per heavy atom. The zero-order valence-corrected chi connectivity index (χ0v) is 19.3. The van der Waals surface area contributed by atoms with Gasteiger partial charge in [-0.3, -0.25) is 0 Å². The summed E-state index contributed by atoms with van der Waals surface area (Å²) < 4.78 is 16.7. The first-order chi connectivity index (χ1) is 14.4. The molecule has 1 atom stereocenters. The van der Waals surface area contributed by atoms with Crippen molar-refractivity contribution in [2.45, 2.75) is 71.8 Å². The van der Waals surface area contributed by atoms with Crippen LogP contribution < -0.4 is 5.32 Å². The average molecular weight is 431 g/mol. The van der Waals surface area contributed by atoms with E-state index >= 15 is 0 Å². The third-order valence-corrected chi connectivity index (χ3v) is 4.10. The van der Waals surface area contributed by atoms with Gasteiger partial charge in [-0.2, -0.15) is 0 Å². The highest BCUT2D eigenvalue weighted by atomic mass is 16.6. The number of carbonyl (C=O) groups excluding carboxylic acids is 2. The van der Waals surface area contributed by atoms with E-state index in [1.54, 1.807) is 33.0 Å². The highest BCUT2D eigenvalue weighted by Gasteiger charge is 2.27. The van der Waals surface area contributed by atoms with Crippen molar-refractivity contribution in [3.63, 3.8) is 0 Å². The maximum Gasteiger partial charge on any atom is 0.408 e. The number of carbonyl (C=O) groups is 2. The molecule has 1 heterocycles. The second-order valence-corrected chi connectivity index (χ2v) is 9.33. The van der Waals surface area contributed by atoms with Gasteiger partial charge in [0.1, 0.15) is 11.2 Å². The van der Waals surface area contributed by atoms with Crippen molar-refractivity contribution in [3.8, 4) is 0 Å². The largest absolute Gasteiger partial charge is 0.456 e. The fourth-order valence-corrected chi connectivity index (χ4v) is 2.89. The Hall–Kier alpha value is -2.80. The van der Waals surface area contributed by atoms with Crippen LogP contribution in [-0.2, 0) is 20.8 Å². The van der Waals surface area contributed by atoms with Crippen molar-refractivity contribution in [1.29, 1.82) is 0 Å². The van der Waals surface area contributed by atoms with Gasteiger partial charge in [0.15, 0.2) is 0 Å². The summed E-state index contributed by atoms with van der Waals surface area (Å²) in [5, 5.41) is 2.85. The lowest BCUT2D eigenvalue weighted by molar-refractivity contribution is 0.00655. The summed E-state index contributed by atoms with van der Waals surface area (Å²) in [5.41, 5.74) is 0.733. The van der Waals surface area contributed by atoms with E-state index in [0.29, 0.717) is 30.9 Å². The average Bonchev–Trinajstić information content (AvgIpc) is 3.12. The van der Waals surface area contributed by atoms with Gasteiger partial charge in [0.25, 0.3) is 0 Å². The number of hydrogen-bond acceptors (Lipinski definition) is 5. The number of amides is 1. The second-order valence-electron chi connectivity index (χ2n) is 9.33. The summed E-state index contributed by atoms with van der Waals surface area (Å²) in [7, 11) is 0. The van der Waals surface area contributed by atoms with Crippen molar-refractivity contribution < 1.29 is 23.8 Å². The van der Waals surface area contributed by atoms with Crippen molar-refractivity contribution in [3.05, 3.63) is 59.4 Å². The predicted octanol–water partition coefficient (Wildman–Crippen LogP) is 5.14. The molecule has 7 nitrogen and oxygen atoms in total. The zero-order valence-electron chi connectivity index (χ0n) is 19.3. The van der Waals surface area contributed by atoms with E-state index < -0.39 is 29.3 Å². The molecule has 0 fully saturated rings. The molecule has 0 unspecified atom stereocenters. The third kappa shape index (κ3) is 8.84. The molecule has 1 amide bonds.